The fourth-order valence-corrected chi connectivity index (χ4v) is 3.60. The highest BCUT2D eigenvalue weighted by Gasteiger charge is 2.39. The minimum absolute atomic E-state index is 0.0957. The van der Waals surface area contributed by atoms with E-state index in [0.29, 0.717) is 24.8 Å². The molecule has 1 amide bonds. The zero-order chi connectivity index (χ0) is 16.9. The van der Waals surface area contributed by atoms with Gasteiger partial charge in [-0.25, -0.2) is 4.39 Å². The Kier molecular flexibility index (Phi) is 5.45. The lowest BCUT2D eigenvalue weighted by atomic mass is 9.69. The molecule has 2 fully saturated rings. The second-order valence-electron chi connectivity index (χ2n) is 6.69. The Hall–Kier alpha value is -1.95. The standard InChI is InChI=1S/C18H25FN4O/c1-12-10-14(19)4-2-3-8-21-23-17(12)18(24)22-16-11-20-9-7-13-5-6-15(13)16/h2,4,10,13,15-16,20-21H,1,3,5-9,11H2,(H,22,24)/b4-2-,14-10+,23-17+. The molecule has 130 valence electrons. The van der Waals surface area contributed by atoms with Crippen molar-refractivity contribution in [2.75, 3.05) is 19.6 Å². The molecule has 0 aromatic carbocycles. The average Bonchev–Trinajstić information content (AvgIpc) is 2.64. The second kappa shape index (κ2) is 7.75. The van der Waals surface area contributed by atoms with Crippen molar-refractivity contribution in [3.63, 3.8) is 0 Å². The smallest absolute Gasteiger partial charge is 0.272 e. The first-order valence-electron chi connectivity index (χ1n) is 8.70. The predicted octanol–water partition coefficient (Wildman–Crippen LogP) is 1.81. The lowest BCUT2D eigenvalue weighted by Gasteiger charge is -2.40. The van der Waals surface area contributed by atoms with Crippen LogP contribution in [0.3, 0.4) is 0 Å². The van der Waals surface area contributed by atoms with Gasteiger partial charge >= 0.3 is 0 Å². The van der Waals surface area contributed by atoms with Crippen LogP contribution >= 0.6 is 0 Å². The zero-order valence-electron chi connectivity index (χ0n) is 13.9. The number of halogens is 1. The first-order chi connectivity index (χ1) is 11.6. The topological polar surface area (TPSA) is 65.5 Å². The van der Waals surface area contributed by atoms with Gasteiger partial charge in [0.25, 0.3) is 5.91 Å². The fraction of sp³-hybridized carbons (Fsp3) is 0.556. The van der Waals surface area contributed by atoms with Crippen LogP contribution in [0.15, 0.2) is 41.3 Å². The van der Waals surface area contributed by atoms with E-state index in [2.05, 4.69) is 27.7 Å². The largest absolute Gasteiger partial charge is 0.346 e. The van der Waals surface area contributed by atoms with Gasteiger partial charge in [0.2, 0.25) is 0 Å². The van der Waals surface area contributed by atoms with Crippen molar-refractivity contribution in [2.45, 2.75) is 31.7 Å². The van der Waals surface area contributed by atoms with E-state index in [4.69, 9.17) is 0 Å². The van der Waals surface area contributed by atoms with Crippen molar-refractivity contribution in [3.05, 3.63) is 36.2 Å². The molecule has 3 atom stereocenters. The van der Waals surface area contributed by atoms with E-state index in [1.54, 1.807) is 6.08 Å². The maximum atomic E-state index is 13.8. The van der Waals surface area contributed by atoms with Gasteiger partial charge in [-0.3, -0.25) is 4.79 Å². The molecule has 5 nitrogen and oxygen atoms in total. The van der Waals surface area contributed by atoms with Gasteiger partial charge in [-0.1, -0.05) is 12.7 Å². The van der Waals surface area contributed by atoms with Crippen LogP contribution in [0.2, 0.25) is 0 Å². The molecular formula is C18H25FN4O. The summed E-state index contributed by atoms with van der Waals surface area (Å²) < 4.78 is 13.8. The third-order valence-corrected chi connectivity index (χ3v) is 5.09. The molecule has 2 aliphatic heterocycles. The summed E-state index contributed by atoms with van der Waals surface area (Å²) in [6.07, 6.45) is 8.58. The number of amides is 1. The van der Waals surface area contributed by atoms with Gasteiger partial charge in [0.05, 0.1) is 0 Å². The molecule has 0 bridgehead atoms. The van der Waals surface area contributed by atoms with Crippen molar-refractivity contribution < 1.29 is 9.18 Å². The fourth-order valence-electron chi connectivity index (χ4n) is 3.60. The summed E-state index contributed by atoms with van der Waals surface area (Å²) in [5, 5.41) is 10.6. The van der Waals surface area contributed by atoms with Crippen LogP contribution in [-0.2, 0) is 4.79 Å². The predicted molar refractivity (Wildman–Crippen MR) is 93.2 cm³/mol. The number of hydrazone groups is 1. The third kappa shape index (κ3) is 3.93. The summed E-state index contributed by atoms with van der Waals surface area (Å²) in [5.74, 6) is 0.513. The molecule has 1 aliphatic carbocycles. The molecular weight excluding hydrogens is 307 g/mol. The lowest BCUT2D eigenvalue weighted by molar-refractivity contribution is -0.116. The molecule has 3 aliphatic rings. The number of allylic oxidation sites excluding steroid dienone is 3. The number of carbonyl (C=O) groups is 1. The van der Waals surface area contributed by atoms with Gasteiger partial charge in [0, 0.05) is 24.7 Å². The first-order valence-corrected chi connectivity index (χ1v) is 8.70. The number of carbonyl (C=O) groups excluding carboxylic acids is 1. The Labute approximate surface area is 142 Å². The summed E-state index contributed by atoms with van der Waals surface area (Å²) in [6.45, 7) is 6.12. The van der Waals surface area contributed by atoms with E-state index in [9.17, 15) is 9.18 Å². The van der Waals surface area contributed by atoms with Crippen LogP contribution in [0.25, 0.3) is 0 Å². The monoisotopic (exact) mass is 332 g/mol. The highest BCUT2D eigenvalue weighted by Crippen LogP contribution is 2.39. The Morgan fingerprint density at radius 1 is 1.33 bits per heavy atom. The Bertz CT molecular complexity index is 596. The highest BCUT2D eigenvalue weighted by molar-refractivity contribution is 6.45. The highest BCUT2D eigenvalue weighted by atomic mass is 19.1. The summed E-state index contributed by atoms with van der Waals surface area (Å²) in [4.78, 5) is 12.7. The normalized spacial score (nSPS) is 36.4. The van der Waals surface area contributed by atoms with Crippen LogP contribution < -0.4 is 16.1 Å². The van der Waals surface area contributed by atoms with Crippen molar-refractivity contribution in [1.82, 2.24) is 16.1 Å². The maximum Gasteiger partial charge on any atom is 0.272 e. The minimum Gasteiger partial charge on any atom is -0.346 e. The molecule has 1 saturated heterocycles. The van der Waals surface area contributed by atoms with Crippen LogP contribution in [-0.4, -0.2) is 37.3 Å². The molecule has 0 spiro atoms. The van der Waals surface area contributed by atoms with Crippen LogP contribution in [0.5, 0.6) is 0 Å². The average molecular weight is 332 g/mol. The molecule has 6 heteroatoms. The van der Waals surface area contributed by atoms with Crippen molar-refractivity contribution >= 4 is 11.6 Å². The van der Waals surface area contributed by atoms with Crippen molar-refractivity contribution in [2.24, 2.45) is 16.9 Å². The molecule has 3 rings (SSSR count). The molecule has 0 aromatic rings. The molecule has 3 N–H and O–H groups in total. The van der Waals surface area contributed by atoms with Gasteiger partial charge < -0.3 is 16.1 Å². The van der Waals surface area contributed by atoms with Gasteiger partial charge in [-0.05, 0) is 56.2 Å². The number of hydrogen-bond acceptors (Lipinski definition) is 4. The molecule has 0 aromatic heterocycles. The molecule has 24 heavy (non-hydrogen) atoms. The van der Waals surface area contributed by atoms with E-state index >= 15 is 0 Å². The zero-order valence-corrected chi connectivity index (χ0v) is 13.9. The lowest BCUT2D eigenvalue weighted by Crippen LogP contribution is -2.51. The van der Waals surface area contributed by atoms with E-state index in [1.807, 2.05) is 0 Å². The first kappa shape index (κ1) is 16.9. The number of nitrogens with one attached hydrogen (secondary N) is 3. The maximum absolute atomic E-state index is 13.8. The van der Waals surface area contributed by atoms with E-state index in [-0.39, 0.29) is 23.2 Å². The summed E-state index contributed by atoms with van der Waals surface area (Å²) in [7, 11) is 0. The molecule has 1 saturated carbocycles. The van der Waals surface area contributed by atoms with Crippen molar-refractivity contribution in [1.29, 1.82) is 0 Å². The quantitative estimate of drug-likeness (QED) is 0.722. The Morgan fingerprint density at radius 2 is 2.21 bits per heavy atom. The van der Waals surface area contributed by atoms with E-state index in [0.717, 1.165) is 19.5 Å². The minimum atomic E-state index is -0.419. The Balaban J connectivity index is 1.71. The summed E-state index contributed by atoms with van der Waals surface area (Å²) >= 11 is 0. The van der Waals surface area contributed by atoms with Crippen molar-refractivity contribution in [3.8, 4) is 0 Å². The number of rotatable bonds is 2. The number of fused-ring (bicyclic) bond motifs is 1. The van der Waals surface area contributed by atoms with Gasteiger partial charge in [-0.15, -0.1) is 0 Å². The van der Waals surface area contributed by atoms with Gasteiger partial charge in [-0.2, -0.15) is 5.10 Å². The summed E-state index contributed by atoms with van der Waals surface area (Å²) in [5.41, 5.74) is 3.29. The molecule has 0 radical (unpaired) electrons. The number of hydrogen-bond donors (Lipinski definition) is 3. The van der Waals surface area contributed by atoms with E-state index < -0.39 is 5.83 Å². The van der Waals surface area contributed by atoms with Crippen LogP contribution in [0.4, 0.5) is 4.39 Å². The number of nitrogens with zero attached hydrogens (tertiary/aromatic N) is 1. The third-order valence-electron chi connectivity index (χ3n) is 5.09. The van der Waals surface area contributed by atoms with Crippen LogP contribution in [0.1, 0.15) is 25.7 Å². The Morgan fingerprint density at radius 3 is 3.00 bits per heavy atom. The van der Waals surface area contributed by atoms with Gasteiger partial charge in [0.15, 0.2) is 5.71 Å². The molecule has 2 heterocycles. The summed E-state index contributed by atoms with van der Waals surface area (Å²) in [6, 6.07) is 0.0957. The van der Waals surface area contributed by atoms with Crippen LogP contribution in [0, 0.1) is 11.8 Å². The second-order valence-corrected chi connectivity index (χ2v) is 6.69. The van der Waals surface area contributed by atoms with Gasteiger partial charge in [0.1, 0.15) is 5.83 Å². The SMILES string of the molecule is C=C1/C=C(F)\C=C/CCN/N=C\1C(=O)NC1CNCCC2CCC21. The molecule has 3 unspecified atom stereocenters. The van der Waals surface area contributed by atoms with E-state index in [1.165, 1.54) is 25.0 Å².